The molecule has 2 nitrogen and oxygen atoms in total. The molecule has 1 N–H and O–H groups in total. The molecule has 2 heterocycles. The Balaban J connectivity index is 1.62. The SMILES string of the molecule is CC(C)(C)c1ccc(CN(CC2CCCN2)C2CC2)s1. The Labute approximate surface area is 127 Å². The highest BCUT2D eigenvalue weighted by Crippen LogP contribution is 2.33. The van der Waals surface area contributed by atoms with Gasteiger partial charge in [-0.3, -0.25) is 4.90 Å². The van der Waals surface area contributed by atoms with Gasteiger partial charge in [0.15, 0.2) is 0 Å². The average Bonchev–Trinajstić information content (AvgIpc) is 2.88. The number of nitrogens with zero attached hydrogens (tertiary/aromatic N) is 1. The standard InChI is InChI=1S/C17H28N2S/c1-17(2,3)16-9-8-15(20-16)12-19(14-6-7-14)11-13-5-4-10-18-13/h8-9,13-14,18H,4-7,10-12H2,1-3H3. The normalized spacial score (nSPS) is 23.7. The fourth-order valence-corrected chi connectivity index (χ4v) is 4.14. The van der Waals surface area contributed by atoms with E-state index in [0.29, 0.717) is 5.41 Å². The Morgan fingerprint density at radius 3 is 2.60 bits per heavy atom. The molecule has 2 fully saturated rings. The Hall–Kier alpha value is -0.380. The Morgan fingerprint density at radius 1 is 1.25 bits per heavy atom. The van der Waals surface area contributed by atoms with Crippen LogP contribution in [0.15, 0.2) is 12.1 Å². The molecule has 1 aromatic heterocycles. The summed E-state index contributed by atoms with van der Waals surface area (Å²) >= 11 is 2.01. The lowest BCUT2D eigenvalue weighted by Gasteiger charge is -2.25. The first-order chi connectivity index (χ1) is 9.52. The summed E-state index contributed by atoms with van der Waals surface area (Å²) in [6, 6.07) is 6.27. The first-order valence-electron chi connectivity index (χ1n) is 8.09. The minimum atomic E-state index is 0.292. The zero-order valence-corrected chi connectivity index (χ0v) is 13.9. The van der Waals surface area contributed by atoms with Crippen LogP contribution < -0.4 is 5.32 Å². The second-order valence-electron chi connectivity index (χ2n) is 7.47. The number of hydrogen-bond donors (Lipinski definition) is 1. The van der Waals surface area contributed by atoms with Gasteiger partial charge < -0.3 is 5.32 Å². The van der Waals surface area contributed by atoms with Crippen LogP contribution in [0.4, 0.5) is 0 Å². The summed E-state index contributed by atoms with van der Waals surface area (Å²) in [5.74, 6) is 0. The van der Waals surface area contributed by atoms with E-state index >= 15 is 0 Å². The van der Waals surface area contributed by atoms with Crippen molar-refractivity contribution in [1.82, 2.24) is 10.2 Å². The van der Waals surface area contributed by atoms with Crippen LogP contribution in [-0.2, 0) is 12.0 Å². The molecule has 0 radical (unpaired) electrons. The van der Waals surface area contributed by atoms with E-state index < -0.39 is 0 Å². The van der Waals surface area contributed by atoms with Gasteiger partial charge in [0.1, 0.15) is 0 Å². The Morgan fingerprint density at radius 2 is 2.05 bits per heavy atom. The lowest BCUT2D eigenvalue weighted by Crippen LogP contribution is -2.38. The summed E-state index contributed by atoms with van der Waals surface area (Å²) in [5, 5.41) is 3.65. The molecule has 3 heteroatoms. The van der Waals surface area contributed by atoms with Gasteiger partial charge in [-0.05, 0) is 49.8 Å². The molecule has 112 valence electrons. The van der Waals surface area contributed by atoms with Gasteiger partial charge in [-0.1, -0.05) is 20.8 Å². The lowest BCUT2D eigenvalue weighted by molar-refractivity contribution is 0.233. The van der Waals surface area contributed by atoms with Crippen molar-refractivity contribution < 1.29 is 0 Å². The molecule has 20 heavy (non-hydrogen) atoms. The monoisotopic (exact) mass is 292 g/mol. The zero-order chi connectivity index (χ0) is 14.2. The van der Waals surface area contributed by atoms with E-state index in [1.165, 1.54) is 43.6 Å². The van der Waals surface area contributed by atoms with Crippen LogP contribution >= 0.6 is 11.3 Å². The maximum Gasteiger partial charge on any atom is 0.0331 e. The zero-order valence-electron chi connectivity index (χ0n) is 13.1. The number of hydrogen-bond acceptors (Lipinski definition) is 3. The van der Waals surface area contributed by atoms with Crippen LogP contribution in [0.1, 0.15) is 56.2 Å². The van der Waals surface area contributed by atoms with Crippen LogP contribution in [0.3, 0.4) is 0 Å². The predicted octanol–water partition coefficient (Wildman–Crippen LogP) is 3.76. The Bertz CT molecular complexity index is 436. The third-order valence-corrected chi connectivity index (χ3v) is 5.94. The van der Waals surface area contributed by atoms with E-state index in [9.17, 15) is 0 Å². The van der Waals surface area contributed by atoms with E-state index in [2.05, 4.69) is 43.1 Å². The summed E-state index contributed by atoms with van der Waals surface area (Å²) in [6.45, 7) is 10.5. The molecule has 0 amide bonds. The molecule has 1 unspecified atom stereocenters. The van der Waals surface area contributed by atoms with E-state index in [4.69, 9.17) is 0 Å². The highest BCUT2D eigenvalue weighted by Gasteiger charge is 2.31. The van der Waals surface area contributed by atoms with Crippen molar-refractivity contribution in [3.05, 3.63) is 21.9 Å². The first kappa shape index (κ1) is 14.6. The van der Waals surface area contributed by atoms with Crippen molar-refractivity contribution in [1.29, 1.82) is 0 Å². The summed E-state index contributed by atoms with van der Waals surface area (Å²) in [4.78, 5) is 5.78. The molecule has 0 spiro atoms. The van der Waals surface area contributed by atoms with Gasteiger partial charge in [0.25, 0.3) is 0 Å². The van der Waals surface area contributed by atoms with Crippen LogP contribution in [0.5, 0.6) is 0 Å². The molecule has 1 aliphatic heterocycles. The van der Waals surface area contributed by atoms with Crippen molar-refractivity contribution in [2.75, 3.05) is 13.1 Å². The molecular formula is C17H28N2S. The first-order valence-corrected chi connectivity index (χ1v) is 8.90. The van der Waals surface area contributed by atoms with Crippen molar-refractivity contribution in [2.45, 2.75) is 70.5 Å². The molecular weight excluding hydrogens is 264 g/mol. The predicted molar refractivity (Wildman–Crippen MR) is 87.5 cm³/mol. The van der Waals surface area contributed by atoms with Crippen LogP contribution in [0.25, 0.3) is 0 Å². The van der Waals surface area contributed by atoms with E-state index in [-0.39, 0.29) is 0 Å². The molecule has 2 aliphatic rings. The molecule has 0 aromatic carbocycles. The fraction of sp³-hybridized carbons (Fsp3) is 0.765. The molecule has 1 saturated heterocycles. The Kier molecular flexibility index (Phi) is 4.21. The van der Waals surface area contributed by atoms with Crippen molar-refractivity contribution in [2.24, 2.45) is 0 Å². The van der Waals surface area contributed by atoms with Gasteiger partial charge in [-0.2, -0.15) is 0 Å². The molecule has 1 aromatic rings. The van der Waals surface area contributed by atoms with E-state index in [0.717, 1.165) is 18.6 Å². The highest BCUT2D eigenvalue weighted by molar-refractivity contribution is 7.12. The van der Waals surface area contributed by atoms with Gasteiger partial charge >= 0.3 is 0 Å². The highest BCUT2D eigenvalue weighted by atomic mass is 32.1. The van der Waals surface area contributed by atoms with E-state index in [1.807, 2.05) is 11.3 Å². The van der Waals surface area contributed by atoms with Gasteiger partial charge in [0.05, 0.1) is 0 Å². The van der Waals surface area contributed by atoms with Gasteiger partial charge in [-0.15, -0.1) is 11.3 Å². The number of thiophene rings is 1. The lowest BCUT2D eigenvalue weighted by atomic mass is 9.95. The minimum Gasteiger partial charge on any atom is -0.313 e. The summed E-state index contributed by atoms with van der Waals surface area (Å²) in [6.07, 6.45) is 5.53. The third-order valence-electron chi connectivity index (χ3n) is 4.44. The smallest absolute Gasteiger partial charge is 0.0331 e. The maximum atomic E-state index is 3.65. The van der Waals surface area contributed by atoms with Crippen LogP contribution in [0.2, 0.25) is 0 Å². The molecule has 1 saturated carbocycles. The van der Waals surface area contributed by atoms with Crippen LogP contribution in [0, 0.1) is 0 Å². The number of rotatable bonds is 5. The molecule has 1 atom stereocenters. The van der Waals surface area contributed by atoms with E-state index in [1.54, 1.807) is 4.88 Å². The average molecular weight is 292 g/mol. The number of nitrogens with one attached hydrogen (secondary N) is 1. The molecule has 0 bridgehead atoms. The van der Waals surface area contributed by atoms with Crippen molar-refractivity contribution in [3.63, 3.8) is 0 Å². The summed E-state index contributed by atoms with van der Waals surface area (Å²) < 4.78 is 0. The summed E-state index contributed by atoms with van der Waals surface area (Å²) in [5.41, 5.74) is 0.292. The molecule has 1 aliphatic carbocycles. The topological polar surface area (TPSA) is 15.3 Å². The fourth-order valence-electron chi connectivity index (χ4n) is 3.04. The van der Waals surface area contributed by atoms with Crippen LogP contribution in [-0.4, -0.2) is 30.1 Å². The van der Waals surface area contributed by atoms with Gasteiger partial charge in [-0.25, -0.2) is 0 Å². The van der Waals surface area contributed by atoms with Crippen molar-refractivity contribution >= 4 is 11.3 Å². The van der Waals surface area contributed by atoms with Gasteiger partial charge in [0.2, 0.25) is 0 Å². The maximum absolute atomic E-state index is 3.65. The third kappa shape index (κ3) is 3.63. The summed E-state index contributed by atoms with van der Waals surface area (Å²) in [7, 11) is 0. The minimum absolute atomic E-state index is 0.292. The largest absolute Gasteiger partial charge is 0.313 e. The second kappa shape index (κ2) is 5.78. The second-order valence-corrected chi connectivity index (χ2v) is 8.64. The quantitative estimate of drug-likeness (QED) is 0.889. The van der Waals surface area contributed by atoms with Crippen molar-refractivity contribution in [3.8, 4) is 0 Å². The van der Waals surface area contributed by atoms with Gasteiger partial charge in [0, 0.05) is 34.9 Å². The molecule has 3 rings (SSSR count).